The molecule has 0 N–H and O–H groups in total. The molecule has 0 amide bonds. The van der Waals surface area contributed by atoms with E-state index in [0.29, 0.717) is 36.9 Å². The third-order valence-electron chi connectivity index (χ3n) is 6.07. The standard InChI is InChI=1S/C31H36O7/c1-4-23(2)30(32)37-22-20-35-19-21-36-28-17-11-26(12-18-28)31(33)38-29-15-9-25(10-16-29)6-5-24-7-13-27(34-3)14-8-24/h7-18,23H,4-6,19-22H2,1-3H3. The van der Waals surface area contributed by atoms with E-state index in [1.807, 2.05) is 50.2 Å². The van der Waals surface area contributed by atoms with Crippen molar-refractivity contribution in [2.75, 3.05) is 33.5 Å². The van der Waals surface area contributed by atoms with E-state index < -0.39 is 5.97 Å². The monoisotopic (exact) mass is 520 g/mol. The van der Waals surface area contributed by atoms with Gasteiger partial charge in [0.2, 0.25) is 0 Å². The SMILES string of the molecule is CCC(C)C(=O)OCCOCCOc1ccc(C(=O)Oc2ccc(CCc3ccc(OC)cc3)cc2)cc1. The van der Waals surface area contributed by atoms with Crippen LogP contribution in [0.25, 0.3) is 0 Å². The summed E-state index contributed by atoms with van der Waals surface area (Å²) in [5.41, 5.74) is 2.83. The Kier molecular flexibility index (Phi) is 11.7. The third-order valence-corrected chi connectivity index (χ3v) is 6.07. The highest BCUT2D eigenvalue weighted by Gasteiger charge is 2.11. The minimum Gasteiger partial charge on any atom is -0.497 e. The number of benzene rings is 3. The molecule has 3 aromatic carbocycles. The lowest BCUT2D eigenvalue weighted by molar-refractivity contribution is -0.149. The molecule has 0 aliphatic carbocycles. The van der Waals surface area contributed by atoms with E-state index in [0.717, 1.165) is 25.0 Å². The molecule has 1 unspecified atom stereocenters. The highest BCUT2D eigenvalue weighted by molar-refractivity contribution is 5.91. The molecular weight excluding hydrogens is 484 g/mol. The van der Waals surface area contributed by atoms with E-state index in [-0.39, 0.29) is 18.5 Å². The molecule has 7 nitrogen and oxygen atoms in total. The Labute approximate surface area is 224 Å². The number of rotatable bonds is 15. The molecule has 0 aromatic heterocycles. The van der Waals surface area contributed by atoms with Crippen molar-refractivity contribution >= 4 is 11.9 Å². The number of methoxy groups -OCH3 is 1. The molecular formula is C31H36O7. The van der Waals surface area contributed by atoms with E-state index in [1.54, 1.807) is 31.4 Å². The van der Waals surface area contributed by atoms with Crippen molar-refractivity contribution in [3.63, 3.8) is 0 Å². The van der Waals surface area contributed by atoms with Crippen LogP contribution in [0.3, 0.4) is 0 Å². The van der Waals surface area contributed by atoms with Crippen LogP contribution in [0.15, 0.2) is 72.8 Å². The Morgan fingerprint density at radius 3 is 1.84 bits per heavy atom. The Morgan fingerprint density at radius 2 is 1.26 bits per heavy atom. The summed E-state index contributed by atoms with van der Waals surface area (Å²) in [5, 5.41) is 0. The van der Waals surface area contributed by atoms with Crippen LogP contribution in [0, 0.1) is 5.92 Å². The van der Waals surface area contributed by atoms with Crippen molar-refractivity contribution in [1.82, 2.24) is 0 Å². The fraction of sp³-hybridized carbons (Fsp3) is 0.355. The molecule has 0 fully saturated rings. The highest BCUT2D eigenvalue weighted by Crippen LogP contribution is 2.18. The first kappa shape index (κ1) is 28.7. The second-order valence-electron chi connectivity index (χ2n) is 8.84. The molecule has 0 heterocycles. The normalized spacial score (nSPS) is 11.4. The zero-order valence-corrected chi connectivity index (χ0v) is 22.3. The van der Waals surface area contributed by atoms with Crippen LogP contribution in [0.1, 0.15) is 41.8 Å². The van der Waals surface area contributed by atoms with Gasteiger partial charge in [-0.15, -0.1) is 0 Å². The molecule has 3 aromatic rings. The molecule has 0 saturated heterocycles. The van der Waals surface area contributed by atoms with Gasteiger partial charge < -0.3 is 23.7 Å². The van der Waals surface area contributed by atoms with E-state index >= 15 is 0 Å². The molecule has 0 aliphatic heterocycles. The van der Waals surface area contributed by atoms with Crippen LogP contribution in [0.2, 0.25) is 0 Å². The summed E-state index contributed by atoms with van der Waals surface area (Å²) in [4.78, 5) is 24.1. The van der Waals surface area contributed by atoms with Gasteiger partial charge in [-0.1, -0.05) is 38.1 Å². The van der Waals surface area contributed by atoms with Gasteiger partial charge in [0.15, 0.2) is 0 Å². The minimum absolute atomic E-state index is 0.0968. The largest absolute Gasteiger partial charge is 0.497 e. The Hall–Kier alpha value is -3.84. The Morgan fingerprint density at radius 1 is 0.711 bits per heavy atom. The maximum absolute atomic E-state index is 12.5. The van der Waals surface area contributed by atoms with Gasteiger partial charge in [-0.3, -0.25) is 4.79 Å². The van der Waals surface area contributed by atoms with Crippen molar-refractivity contribution in [2.45, 2.75) is 33.1 Å². The van der Waals surface area contributed by atoms with Crippen LogP contribution < -0.4 is 14.2 Å². The van der Waals surface area contributed by atoms with Crippen LogP contribution in [0.5, 0.6) is 17.2 Å². The second kappa shape index (κ2) is 15.4. The first-order valence-corrected chi connectivity index (χ1v) is 12.9. The number of hydrogen-bond donors (Lipinski definition) is 0. The average Bonchev–Trinajstić information content (AvgIpc) is 2.96. The summed E-state index contributed by atoms with van der Waals surface area (Å²) in [6.45, 7) is 5.03. The predicted octanol–water partition coefficient (Wildman–Crippen LogP) is 5.68. The third kappa shape index (κ3) is 9.56. The van der Waals surface area contributed by atoms with Crippen LogP contribution in [0.4, 0.5) is 0 Å². The molecule has 0 radical (unpaired) electrons. The van der Waals surface area contributed by atoms with Crippen LogP contribution in [-0.4, -0.2) is 45.5 Å². The van der Waals surface area contributed by atoms with Crippen LogP contribution in [-0.2, 0) is 27.1 Å². The lowest BCUT2D eigenvalue weighted by Crippen LogP contribution is -2.18. The molecule has 3 rings (SSSR count). The number of hydrogen-bond acceptors (Lipinski definition) is 7. The van der Waals surface area contributed by atoms with Crippen molar-refractivity contribution in [1.29, 1.82) is 0 Å². The van der Waals surface area contributed by atoms with Crippen molar-refractivity contribution in [3.05, 3.63) is 89.5 Å². The smallest absolute Gasteiger partial charge is 0.343 e. The number of ether oxygens (including phenoxy) is 5. The number of carbonyl (C=O) groups is 2. The summed E-state index contributed by atoms with van der Waals surface area (Å²) in [5.74, 6) is 1.23. The molecule has 38 heavy (non-hydrogen) atoms. The van der Waals surface area contributed by atoms with Crippen molar-refractivity contribution in [2.24, 2.45) is 5.92 Å². The van der Waals surface area contributed by atoms with E-state index in [2.05, 4.69) is 12.1 Å². The topological polar surface area (TPSA) is 80.3 Å². The lowest BCUT2D eigenvalue weighted by atomic mass is 10.0. The minimum atomic E-state index is -0.433. The first-order valence-electron chi connectivity index (χ1n) is 12.9. The van der Waals surface area contributed by atoms with Gasteiger partial charge in [-0.2, -0.15) is 0 Å². The van der Waals surface area contributed by atoms with Gasteiger partial charge in [0, 0.05) is 0 Å². The summed E-state index contributed by atoms with van der Waals surface area (Å²) in [6, 6.07) is 22.4. The summed E-state index contributed by atoms with van der Waals surface area (Å²) < 4.78 is 26.9. The second-order valence-corrected chi connectivity index (χ2v) is 8.84. The number of esters is 2. The average molecular weight is 521 g/mol. The van der Waals surface area contributed by atoms with E-state index in [1.165, 1.54) is 11.1 Å². The molecule has 7 heteroatoms. The fourth-order valence-corrected chi connectivity index (χ4v) is 3.49. The zero-order valence-electron chi connectivity index (χ0n) is 22.3. The first-order chi connectivity index (χ1) is 18.5. The quantitative estimate of drug-likeness (QED) is 0.145. The molecule has 0 aliphatic rings. The van der Waals surface area contributed by atoms with Crippen LogP contribution >= 0.6 is 0 Å². The Bertz CT molecular complexity index is 1120. The summed E-state index contributed by atoms with van der Waals surface area (Å²) in [7, 11) is 1.66. The van der Waals surface area contributed by atoms with Crippen molar-refractivity contribution in [3.8, 4) is 17.2 Å². The highest BCUT2D eigenvalue weighted by atomic mass is 16.6. The fourth-order valence-electron chi connectivity index (χ4n) is 3.49. The summed E-state index contributed by atoms with van der Waals surface area (Å²) in [6.07, 6.45) is 2.56. The van der Waals surface area contributed by atoms with Crippen molar-refractivity contribution < 1.29 is 33.3 Å². The number of aryl methyl sites for hydroxylation is 2. The maximum atomic E-state index is 12.5. The van der Waals surface area contributed by atoms with Gasteiger partial charge in [-0.25, -0.2) is 4.79 Å². The van der Waals surface area contributed by atoms with Gasteiger partial charge in [-0.05, 0) is 78.9 Å². The van der Waals surface area contributed by atoms with E-state index in [4.69, 9.17) is 23.7 Å². The molecule has 0 bridgehead atoms. The summed E-state index contributed by atoms with van der Waals surface area (Å²) >= 11 is 0. The van der Waals surface area contributed by atoms with Gasteiger partial charge in [0.05, 0.1) is 31.8 Å². The molecule has 202 valence electrons. The molecule has 0 spiro atoms. The predicted molar refractivity (Wildman–Crippen MR) is 145 cm³/mol. The van der Waals surface area contributed by atoms with Gasteiger partial charge >= 0.3 is 11.9 Å². The molecule has 1 atom stereocenters. The van der Waals surface area contributed by atoms with E-state index in [9.17, 15) is 9.59 Å². The zero-order chi connectivity index (χ0) is 27.2. The number of carbonyl (C=O) groups excluding carboxylic acids is 2. The lowest BCUT2D eigenvalue weighted by Gasteiger charge is -2.10. The molecule has 0 saturated carbocycles. The van der Waals surface area contributed by atoms with Gasteiger partial charge in [0.25, 0.3) is 0 Å². The van der Waals surface area contributed by atoms with Gasteiger partial charge in [0.1, 0.15) is 30.5 Å². The Balaban J connectivity index is 1.34. The maximum Gasteiger partial charge on any atom is 0.343 e.